The molecule has 0 spiro atoms. The van der Waals surface area contributed by atoms with Gasteiger partial charge in [-0.15, -0.1) is 0 Å². The Morgan fingerprint density at radius 3 is 2.62 bits per heavy atom. The van der Waals surface area contributed by atoms with E-state index in [9.17, 15) is 0 Å². The minimum Gasteiger partial charge on any atom is -0.304 e. The SMILES string of the molecule is Cc1[c-]cncc1.[Cs+]. The number of pyridine rings is 1. The molecule has 0 bridgehead atoms. The van der Waals surface area contributed by atoms with Crippen LogP contribution in [0, 0.1) is 13.0 Å². The van der Waals surface area contributed by atoms with Crippen LogP contribution < -0.4 is 68.9 Å². The molecule has 1 aromatic rings. The van der Waals surface area contributed by atoms with E-state index >= 15 is 0 Å². The van der Waals surface area contributed by atoms with Gasteiger partial charge in [-0.1, -0.05) is 19.3 Å². The zero-order valence-electron chi connectivity index (χ0n) is 5.18. The predicted molar refractivity (Wildman–Crippen MR) is 27.8 cm³/mol. The quantitative estimate of drug-likeness (QED) is 0.474. The van der Waals surface area contributed by atoms with Gasteiger partial charge in [-0.05, 0) is 0 Å². The Morgan fingerprint density at radius 2 is 2.38 bits per heavy atom. The molecule has 0 aliphatic rings. The molecule has 2 heteroatoms. The molecule has 0 saturated carbocycles. The molecule has 0 radical (unpaired) electrons. The topological polar surface area (TPSA) is 12.9 Å². The van der Waals surface area contributed by atoms with Crippen LogP contribution in [0.5, 0.6) is 0 Å². The van der Waals surface area contributed by atoms with Crippen molar-refractivity contribution in [1.82, 2.24) is 4.98 Å². The Labute approximate surface area is 108 Å². The first-order valence-electron chi connectivity index (χ1n) is 2.18. The second-order valence-electron chi connectivity index (χ2n) is 1.42. The number of rotatable bonds is 0. The van der Waals surface area contributed by atoms with E-state index in [-0.39, 0.29) is 68.9 Å². The maximum absolute atomic E-state index is 3.79. The fourth-order valence-corrected chi connectivity index (χ4v) is 0.385. The zero-order chi connectivity index (χ0) is 5.11. The van der Waals surface area contributed by atoms with Crippen LogP contribution >= 0.6 is 0 Å². The Morgan fingerprint density at radius 1 is 1.62 bits per heavy atom. The number of aryl methyl sites for hydroxylation is 1. The van der Waals surface area contributed by atoms with Gasteiger partial charge in [-0.3, -0.25) is 0 Å². The first-order chi connectivity index (χ1) is 3.39. The summed E-state index contributed by atoms with van der Waals surface area (Å²) in [4.78, 5) is 3.79. The first kappa shape index (κ1) is 9.20. The van der Waals surface area contributed by atoms with Gasteiger partial charge in [0.15, 0.2) is 0 Å². The normalized spacial score (nSPS) is 7.62. The predicted octanol–water partition coefficient (Wildman–Crippen LogP) is -1.81. The molecule has 1 heterocycles. The van der Waals surface area contributed by atoms with Crippen LogP contribution in [0.4, 0.5) is 0 Å². The molecule has 1 rings (SSSR count). The Hall–Kier alpha value is 1.20. The molecule has 0 aliphatic carbocycles. The molecular weight excluding hydrogens is 219 g/mol. The van der Waals surface area contributed by atoms with Crippen molar-refractivity contribution in [3.8, 4) is 0 Å². The van der Waals surface area contributed by atoms with E-state index in [4.69, 9.17) is 0 Å². The van der Waals surface area contributed by atoms with Gasteiger partial charge in [0.2, 0.25) is 0 Å². The van der Waals surface area contributed by atoms with Crippen molar-refractivity contribution < 1.29 is 68.9 Å². The maximum Gasteiger partial charge on any atom is 1.00 e. The fraction of sp³-hybridized carbons (Fsp3) is 0.167. The second kappa shape index (κ2) is 5.02. The molecule has 0 amide bonds. The molecule has 1 aromatic heterocycles. The van der Waals surface area contributed by atoms with Crippen molar-refractivity contribution in [3.63, 3.8) is 0 Å². The van der Waals surface area contributed by atoms with E-state index in [0.717, 1.165) is 5.56 Å². The molecule has 0 N–H and O–H groups in total. The van der Waals surface area contributed by atoms with Crippen molar-refractivity contribution in [2.75, 3.05) is 0 Å². The van der Waals surface area contributed by atoms with Crippen LogP contribution in [0.25, 0.3) is 0 Å². The van der Waals surface area contributed by atoms with Crippen LogP contribution in [-0.2, 0) is 0 Å². The average Bonchev–Trinajstić information content (AvgIpc) is 1.69. The third-order valence-corrected chi connectivity index (χ3v) is 0.777. The summed E-state index contributed by atoms with van der Waals surface area (Å²) in [5.74, 6) is 0. The number of hydrogen-bond donors (Lipinski definition) is 0. The van der Waals surface area contributed by atoms with Gasteiger partial charge in [-0.25, -0.2) is 11.6 Å². The molecular formula is C6H6CsN. The molecule has 0 aliphatic heterocycles. The van der Waals surface area contributed by atoms with Crippen LogP contribution in [0.2, 0.25) is 0 Å². The monoisotopic (exact) mass is 225 g/mol. The third kappa shape index (κ3) is 3.27. The minimum atomic E-state index is 0. The molecule has 1 nitrogen and oxygen atoms in total. The van der Waals surface area contributed by atoms with Crippen molar-refractivity contribution in [2.24, 2.45) is 0 Å². The molecule has 0 atom stereocenters. The van der Waals surface area contributed by atoms with Gasteiger partial charge < -0.3 is 4.98 Å². The summed E-state index contributed by atoms with van der Waals surface area (Å²) in [7, 11) is 0. The van der Waals surface area contributed by atoms with Crippen LogP contribution in [0.3, 0.4) is 0 Å². The fourth-order valence-electron chi connectivity index (χ4n) is 0.385. The van der Waals surface area contributed by atoms with E-state index in [1.807, 2.05) is 13.0 Å². The molecule has 36 valence electrons. The number of aromatic nitrogens is 1. The van der Waals surface area contributed by atoms with Crippen molar-refractivity contribution in [3.05, 3.63) is 30.1 Å². The smallest absolute Gasteiger partial charge is 0.304 e. The average molecular weight is 225 g/mol. The van der Waals surface area contributed by atoms with E-state index in [1.54, 1.807) is 12.4 Å². The summed E-state index contributed by atoms with van der Waals surface area (Å²) in [5.41, 5.74) is 1.13. The summed E-state index contributed by atoms with van der Waals surface area (Å²) in [6, 6.07) is 4.84. The van der Waals surface area contributed by atoms with Gasteiger partial charge in [0.25, 0.3) is 0 Å². The van der Waals surface area contributed by atoms with Crippen molar-refractivity contribution in [1.29, 1.82) is 0 Å². The number of hydrogen-bond acceptors (Lipinski definition) is 1. The summed E-state index contributed by atoms with van der Waals surface area (Å²) in [6.07, 6.45) is 3.42. The molecule has 0 aromatic carbocycles. The van der Waals surface area contributed by atoms with E-state index in [1.165, 1.54) is 0 Å². The number of nitrogens with zero attached hydrogens (tertiary/aromatic N) is 1. The molecule has 0 saturated heterocycles. The Balaban J connectivity index is 0.000000490. The summed E-state index contributed by atoms with van der Waals surface area (Å²) in [5, 5.41) is 0. The van der Waals surface area contributed by atoms with E-state index < -0.39 is 0 Å². The minimum absolute atomic E-state index is 0. The summed E-state index contributed by atoms with van der Waals surface area (Å²) in [6.45, 7) is 1.99. The largest absolute Gasteiger partial charge is 1.00 e. The van der Waals surface area contributed by atoms with Gasteiger partial charge >= 0.3 is 68.9 Å². The van der Waals surface area contributed by atoms with Gasteiger partial charge in [-0.2, -0.15) is 6.07 Å². The zero-order valence-corrected chi connectivity index (χ0v) is 11.5. The molecule has 8 heavy (non-hydrogen) atoms. The summed E-state index contributed by atoms with van der Waals surface area (Å²) < 4.78 is 0. The molecule has 0 unspecified atom stereocenters. The van der Waals surface area contributed by atoms with Gasteiger partial charge in [0.1, 0.15) is 0 Å². The Kier molecular flexibility index (Phi) is 5.78. The van der Waals surface area contributed by atoms with E-state index in [0.29, 0.717) is 0 Å². The van der Waals surface area contributed by atoms with Gasteiger partial charge in [0.05, 0.1) is 0 Å². The summed E-state index contributed by atoms with van der Waals surface area (Å²) >= 11 is 0. The second-order valence-corrected chi connectivity index (χ2v) is 1.42. The standard InChI is InChI=1S/C6H6N.Cs/c1-6-2-4-7-5-3-6;/h2,4-5H,1H3;/q-1;+1. The van der Waals surface area contributed by atoms with Gasteiger partial charge in [0, 0.05) is 0 Å². The van der Waals surface area contributed by atoms with Crippen LogP contribution in [0.15, 0.2) is 18.5 Å². The third-order valence-electron chi connectivity index (χ3n) is 0.777. The first-order valence-corrected chi connectivity index (χ1v) is 2.18. The maximum atomic E-state index is 3.79. The van der Waals surface area contributed by atoms with Crippen LogP contribution in [0.1, 0.15) is 5.56 Å². The van der Waals surface area contributed by atoms with Crippen LogP contribution in [-0.4, -0.2) is 4.98 Å². The van der Waals surface area contributed by atoms with Crippen molar-refractivity contribution in [2.45, 2.75) is 6.92 Å². The van der Waals surface area contributed by atoms with Crippen molar-refractivity contribution >= 4 is 0 Å². The Bertz CT molecular complexity index is 138. The van der Waals surface area contributed by atoms with E-state index in [2.05, 4.69) is 11.1 Å². The molecule has 0 fully saturated rings.